The van der Waals surface area contributed by atoms with E-state index in [2.05, 4.69) is 20.3 Å². The molecule has 0 bridgehead atoms. The molecule has 0 amide bonds. The number of aromatic nitrogens is 6. The average molecular weight is 556 g/mol. The van der Waals surface area contributed by atoms with E-state index in [1.165, 1.54) is 35.3 Å². The molecule has 4 aromatic heterocycles. The highest BCUT2D eigenvalue weighted by atomic mass is 32.2. The smallest absolute Gasteiger partial charge is 0.175 e. The largest absolute Gasteiger partial charge is 0.381 e. The van der Waals surface area contributed by atoms with E-state index in [1.54, 1.807) is 17.7 Å². The first-order chi connectivity index (χ1) is 19.9. The summed E-state index contributed by atoms with van der Waals surface area (Å²) in [5.74, 6) is -1.60. The summed E-state index contributed by atoms with van der Waals surface area (Å²) in [5, 5.41) is 7.79. The van der Waals surface area contributed by atoms with Crippen molar-refractivity contribution in [2.24, 2.45) is 13.0 Å². The number of hydrogen-bond donors (Lipinski definition) is 0. The molecule has 0 radical (unpaired) electrons. The van der Waals surface area contributed by atoms with Gasteiger partial charge in [0.2, 0.25) is 0 Å². The molecule has 9 nitrogen and oxygen atoms in total. The number of halogens is 2. The van der Waals surface area contributed by atoms with Crippen LogP contribution in [0.15, 0.2) is 47.6 Å². The van der Waals surface area contributed by atoms with Crippen LogP contribution in [-0.2, 0) is 21.6 Å². The molecule has 1 aliphatic heterocycles. The third kappa shape index (κ3) is 4.27. The number of sulfone groups is 1. The Kier molecular flexibility index (Phi) is 5.35. The molecule has 1 saturated heterocycles. The van der Waals surface area contributed by atoms with Crippen molar-refractivity contribution in [3.8, 4) is 11.3 Å². The van der Waals surface area contributed by atoms with Crippen LogP contribution in [0.4, 0.5) is 8.78 Å². The van der Waals surface area contributed by atoms with Crippen LogP contribution in [0.3, 0.4) is 0 Å². The Balaban J connectivity index is 1.75. The fourth-order valence-corrected chi connectivity index (χ4v) is 6.12. The van der Waals surface area contributed by atoms with Crippen molar-refractivity contribution in [2.45, 2.75) is 30.6 Å². The molecule has 0 aliphatic carbocycles. The summed E-state index contributed by atoms with van der Waals surface area (Å²) in [5.41, 5.74) is 1.11. The van der Waals surface area contributed by atoms with Crippen LogP contribution in [0.1, 0.15) is 34.4 Å². The van der Waals surface area contributed by atoms with Gasteiger partial charge in [-0.05, 0) is 55.9 Å². The van der Waals surface area contributed by atoms with Crippen molar-refractivity contribution in [1.29, 1.82) is 0 Å². The lowest BCUT2D eigenvalue weighted by Gasteiger charge is -2.32. The highest BCUT2D eigenvalue weighted by molar-refractivity contribution is 7.90. The molecule has 202 valence electrons. The van der Waals surface area contributed by atoms with E-state index < -0.39 is 34.4 Å². The number of pyridine rings is 2. The van der Waals surface area contributed by atoms with Crippen LogP contribution in [0.5, 0.6) is 0 Å². The zero-order valence-electron chi connectivity index (χ0n) is 24.1. The number of rotatable bonds is 5. The number of fused-ring (bicyclic) bond motifs is 3. The van der Waals surface area contributed by atoms with Gasteiger partial charge in [-0.1, -0.05) is 5.21 Å². The molecular weight excluding hydrogens is 526 g/mol. The first-order valence-electron chi connectivity index (χ1n) is 13.8. The summed E-state index contributed by atoms with van der Waals surface area (Å²) < 4.78 is 88.9. The Labute approximate surface area is 227 Å². The van der Waals surface area contributed by atoms with Gasteiger partial charge in [-0.3, -0.25) is 9.97 Å². The van der Waals surface area contributed by atoms with E-state index in [0.717, 1.165) is 12.3 Å². The zero-order valence-corrected chi connectivity index (χ0v) is 21.9. The number of nitrogens with zero attached hydrogens (tertiary/aromatic N) is 6. The molecule has 0 saturated carbocycles. The van der Waals surface area contributed by atoms with Gasteiger partial charge in [0.1, 0.15) is 11.6 Å². The van der Waals surface area contributed by atoms with Crippen LogP contribution < -0.4 is 0 Å². The summed E-state index contributed by atoms with van der Waals surface area (Å²) in [6, 6.07) is 5.90. The van der Waals surface area contributed by atoms with E-state index in [4.69, 9.17) is 8.85 Å². The first kappa shape index (κ1) is 22.1. The molecule has 5 heterocycles. The number of aryl methyl sites for hydroxylation is 2. The van der Waals surface area contributed by atoms with Crippen molar-refractivity contribution >= 4 is 31.8 Å². The van der Waals surface area contributed by atoms with Crippen LogP contribution in [0, 0.1) is 24.4 Å². The van der Waals surface area contributed by atoms with Crippen LogP contribution in [-0.4, -0.2) is 57.4 Å². The standard InChI is InChI=1S/C27H26F2N6O3S/c1-15-26(34(2)33-32-15)17-11-22-25(31-14-17)23-20(29)12-18(39(3,36)37)13-21(23)35(22)27(16-6-9-38-10-7-16)24-19(28)5-4-8-30-24/h4-5,8,11-14,16,27H,6-7,9-10H2,1-3H3/i1D3. The van der Waals surface area contributed by atoms with Gasteiger partial charge in [-0.2, -0.15) is 0 Å². The van der Waals surface area contributed by atoms with Crippen molar-refractivity contribution in [3.05, 3.63) is 65.7 Å². The second-order valence-corrected chi connectivity index (χ2v) is 11.7. The van der Waals surface area contributed by atoms with Crippen molar-refractivity contribution in [1.82, 2.24) is 29.5 Å². The SMILES string of the molecule is [2H]C([2H])([2H])c1nnn(C)c1-c1cnc2c3c(F)cc(S(C)(=O)=O)cc3n(C(c3ncccc3F)C3CCOCC3)c2c1. The highest BCUT2D eigenvalue weighted by Gasteiger charge is 2.34. The molecule has 1 atom stereocenters. The normalized spacial score (nSPS) is 17.3. The minimum atomic E-state index is -3.83. The Morgan fingerprint density at radius 1 is 1.13 bits per heavy atom. The Bertz CT molecular complexity index is 1950. The van der Waals surface area contributed by atoms with Crippen molar-refractivity contribution < 1.29 is 26.0 Å². The topological polar surface area (TPSA) is 105 Å². The third-order valence-electron chi connectivity index (χ3n) is 7.25. The quantitative estimate of drug-likeness (QED) is 0.317. The molecule has 1 fully saturated rings. The summed E-state index contributed by atoms with van der Waals surface area (Å²) in [7, 11) is -2.29. The highest BCUT2D eigenvalue weighted by Crippen LogP contribution is 2.42. The molecular formula is C27H26F2N6O3S. The van der Waals surface area contributed by atoms with Crippen molar-refractivity contribution in [2.75, 3.05) is 19.5 Å². The van der Waals surface area contributed by atoms with Gasteiger partial charge in [0.15, 0.2) is 9.84 Å². The molecule has 39 heavy (non-hydrogen) atoms. The maximum atomic E-state index is 15.8. The number of ether oxygens (including phenoxy) is 1. The summed E-state index contributed by atoms with van der Waals surface area (Å²) in [4.78, 5) is 8.68. The van der Waals surface area contributed by atoms with E-state index in [0.29, 0.717) is 37.1 Å². The minimum Gasteiger partial charge on any atom is -0.381 e. The fraction of sp³-hybridized carbons (Fsp3) is 0.333. The van der Waals surface area contributed by atoms with Crippen LogP contribution >= 0.6 is 0 Å². The van der Waals surface area contributed by atoms with Gasteiger partial charge in [-0.25, -0.2) is 21.9 Å². The lowest BCUT2D eigenvalue weighted by molar-refractivity contribution is 0.0543. The van der Waals surface area contributed by atoms with Gasteiger partial charge in [0.25, 0.3) is 0 Å². The zero-order chi connectivity index (χ0) is 30.0. The second kappa shape index (κ2) is 9.45. The van der Waals surface area contributed by atoms with E-state index in [9.17, 15) is 8.42 Å². The Morgan fingerprint density at radius 3 is 2.64 bits per heavy atom. The third-order valence-corrected chi connectivity index (χ3v) is 8.34. The Hall–Kier alpha value is -3.77. The van der Waals surface area contributed by atoms with Gasteiger partial charge in [0, 0.05) is 48.6 Å². The monoisotopic (exact) mass is 555 g/mol. The second-order valence-electron chi connectivity index (χ2n) is 9.71. The minimum absolute atomic E-state index is 0.0523. The van der Waals surface area contributed by atoms with E-state index >= 15 is 8.78 Å². The first-order valence-corrected chi connectivity index (χ1v) is 14.2. The summed E-state index contributed by atoms with van der Waals surface area (Å²) >= 11 is 0. The van der Waals surface area contributed by atoms with Gasteiger partial charge in [-0.15, -0.1) is 5.10 Å². The van der Waals surface area contributed by atoms with E-state index in [1.807, 2.05) is 0 Å². The molecule has 1 aromatic carbocycles. The predicted octanol–water partition coefficient (Wildman–Crippen LogP) is 4.39. The van der Waals surface area contributed by atoms with Gasteiger partial charge in [0.05, 0.1) is 50.0 Å². The summed E-state index contributed by atoms with van der Waals surface area (Å²) in [6.45, 7) is -1.74. The van der Waals surface area contributed by atoms with Crippen LogP contribution in [0.25, 0.3) is 33.2 Å². The average Bonchev–Trinajstić information content (AvgIpc) is 3.48. The summed E-state index contributed by atoms with van der Waals surface area (Å²) in [6.07, 6.45) is 4.93. The molecule has 1 unspecified atom stereocenters. The van der Waals surface area contributed by atoms with Crippen LogP contribution in [0.2, 0.25) is 0 Å². The molecule has 0 spiro atoms. The van der Waals surface area contributed by atoms with Gasteiger partial charge >= 0.3 is 0 Å². The molecule has 0 N–H and O–H groups in total. The van der Waals surface area contributed by atoms with Crippen molar-refractivity contribution in [3.63, 3.8) is 0 Å². The predicted molar refractivity (Wildman–Crippen MR) is 141 cm³/mol. The lowest BCUT2D eigenvalue weighted by atomic mass is 9.88. The molecule has 5 aromatic rings. The fourth-order valence-electron chi connectivity index (χ4n) is 5.48. The lowest BCUT2D eigenvalue weighted by Crippen LogP contribution is -2.28. The molecule has 12 heteroatoms. The molecule has 6 rings (SSSR count). The maximum Gasteiger partial charge on any atom is 0.175 e. The number of hydrogen-bond acceptors (Lipinski definition) is 7. The van der Waals surface area contributed by atoms with Gasteiger partial charge < -0.3 is 9.30 Å². The van der Waals surface area contributed by atoms with E-state index in [-0.39, 0.29) is 44.3 Å². The Morgan fingerprint density at radius 2 is 1.92 bits per heavy atom. The molecule has 1 aliphatic rings. The number of benzene rings is 1. The maximum absolute atomic E-state index is 15.8.